The van der Waals surface area contributed by atoms with E-state index in [1.807, 2.05) is 34.9 Å². The molecule has 1 unspecified atom stereocenters. The Morgan fingerprint density at radius 2 is 1.81 bits per heavy atom. The van der Waals surface area contributed by atoms with Crippen LogP contribution in [-0.2, 0) is 13.0 Å². The molecule has 0 N–H and O–H groups in total. The highest BCUT2D eigenvalue weighted by Gasteiger charge is 2.26. The van der Waals surface area contributed by atoms with Crippen LogP contribution in [0.1, 0.15) is 23.7 Å². The van der Waals surface area contributed by atoms with E-state index in [1.165, 1.54) is 5.56 Å². The molecule has 2 heterocycles. The van der Waals surface area contributed by atoms with Crippen molar-refractivity contribution in [1.82, 2.24) is 9.55 Å². The number of nitrogens with zero attached hydrogens (tertiary/aromatic N) is 2. The lowest BCUT2D eigenvalue weighted by atomic mass is 9.97. The second-order valence-electron chi connectivity index (χ2n) is 5.62. The second-order valence-corrected chi connectivity index (χ2v) is 5.62. The molecule has 1 atom stereocenters. The van der Waals surface area contributed by atoms with Crippen molar-refractivity contribution in [3.63, 3.8) is 0 Å². The standard InChI is InChI=1S/C18H16N2O/c21-18-15-8-4-5-9-16(15)19-17-14(10-11-20(17)18)12-13-6-2-1-3-7-13/h1-9,14H,10-12H2. The van der Waals surface area contributed by atoms with E-state index in [2.05, 4.69) is 24.3 Å². The van der Waals surface area contributed by atoms with Crippen LogP contribution in [0.3, 0.4) is 0 Å². The van der Waals surface area contributed by atoms with Gasteiger partial charge in [-0.3, -0.25) is 9.36 Å². The van der Waals surface area contributed by atoms with Gasteiger partial charge in [-0.05, 0) is 30.5 Å². The summed E-state index contributed by atoms with van der Waals surface area (Å²) in [6, 6.07) is 18.1. The minimum Gasteiger partial charge on any atom is -0.296 e. The van der Waals surface area contributed by atoms with Crippen LogP contribution in [0.2, 0.25) is 0 Å². The van der Waals surface area contributed by atoms with Crippen LogP contribution in [0, 0.1) is 0 Å². The molecule has 1 aliphatic heterocycles. The van der Waals surface area contributed by atoms with Crippen molar-refractivity contribution < 1.29 is 0 Å². The van der Waals surface area contributed by atoms with Crippen molar-refractivity contribution >= 4 is 10.9 Å². The molecule has 0 bridgehead atoms. The Labute approximate surface area is 122 Å². The van der Waals surface area contributed by atoms with Gasteiger partial charge in [-0.1, -0.05) is 42.5 Å². The first-order chi connectivity index (χ1) is 10.3. The molecular formula is C18H16N2O. The fourth-order valence-electron chi connectivity index (χ4n) is 3.22. The summed E-state index contributed by atoms with van der Waals surface area (Å²) in [4.78, 5) is 17.3. The predicted octanol–water partition coefficient (Wildman–Crippen LogP) is 3.13. The Balaban J connectivity index is 1.80. The molecule has 0 radical (unpaired) electrons. The maximum Gasteiger partial charge on any atom is 0.261 e. The van der Waals surface area contributed by atoms with E-state index in [-0.39, 0.29) is 5.56 Å². The molecule has 3 nitrogen and oxygen atoms in total. The third-order valence-electron chi connectivity index (χ3n) is 4.28. The first-order valence-corrected chi connectivity index (χ1v) is 7.36. The zero-order chi connectivity index (χ0) is 14.2. The molecule has 104 valence electrons. The van der Waals surface area contributed by atoms with Gasteiger partial charge >= 0.3 is 0 Å². The molecule has 0 aliphatic carbocycles. The topological polar surface area (TPSA) is 34.9 Å². The van der Waals surface area contributed by atoms with Gasteiger partial charge in [-0.2, -0.15) is 0 Å². The third kappa shape index (κ3) is 2.05. The molecular weight excluding hydrogens is 260 g/mol. The summed E-state index contributed by atoms with van der Waals surface area (Å²) in [7, 11) is 0. The van der Waals surface area contributed by atoms with Crippen molar-refractivity contribution in [3.05, 3.63) is 76.3 Å². The van der Waals surface area contributed by atoms with E-state index < -0.39 is 0 Å². The summed E-state index contributed by atoms with van der Waals surface area (Å²) in [6.07, 6.45) is 1.94. The van der Waals surface area contributed by atoms with Gasteiger partial charge in [0.05, 0.1) is 10.9 Å². The lowest BCUT2D eigenvalue weighted by Crippen LogP contribution is -2.21. The summed E-state index contributed by atoms with van der Waals surface area (Å²) in [5.41, 5.74) is 2.22. The van der Waals surface area contributed by atoms with Crippen molar-refractivity contribution in [1.29, 1.82) is 0 Å². The van der Waals surface area contributed by atoms with Crippen LogP contribution in [0.5, 0.6) is 0 Å². The highest BCUT2D eigenvalue weighted by atomic mass is 16.1. The number of fused-ring (bicyclic) bond motifs is 2. The fourth-order valence-corrected chi connectivity index (χ4v) is 3.22. The Bertz CT molecular complexity index is 852. The molecule has 1 aliphatic rings. The zero-order valence-electron chi connectivity index (χ0n) is 11.7. The predicted molar refractivity (Wildman–Crippen MR) is 83.5 cm³/mol. The molecule has 0 amide bonds. The van der Waals surface area contributed by atoms with E-state index in [4.69, 9.17) is 4.98 Å². The van der Waals surface area contributed by atoms with E-state index in [0.717, 1.165) is 36.1 Å². The van der Waals surface area contributed by atoms with Crippen molar-refractivity contribution in [2.24, 2.45) is 0 Å². The monoisotopic (exact) mass is 276 g/mol. The Hall–Kier alpha value is -2.42. The Kier molecular flexibility index (Phi) is 2.85. The number of para-hydroxylation sites is 1. The second kappa shape index (κ2) is 4.85. The smallest absolute Gasteiger partial charge is 0.261 e. The molecule has 4 rings (SSSR count). The van der Waals surface area contributed by atoms with E-state index in [0.29, 0.717) is 5.92 Å². The van der Waals surface area contributed by atoms with E-state index >= 15 is 0 Å². The molecule has 0 saturated carbocycles. The zero-order valence-corrected chi connectivity index (χ0v) is 11.7. The molecule has 3 heteroatoms. The number of rotatable bonds is 2. The maximum atomic E-state index is 12.5. The Morgan fingerprint density at radius 3 is 2.67 bits per heavy atom. The molecule has 1 aromatic heterocycles. The molecule has 2 aromatic carbocycles. The lowest BCUT2D eigenvalue weighted by molar-refractivity contribution is 0.653. The van der Waals surface area contributed by atoms with Gasteiger partial charge in [0.25, 0.3) is 5.56 Å². The van der Waals surface area contributed by atoms with E-state index in [1.54, 1.807) is 0 Å². The maximum absolute atomic E-state index is 12.5. The lowest BCUT2D eigenvalue weighted by Gasteiger charge is -2.11. The van der Waals surface area contributed by atoms with Gasteiger partial charge < -0.3 is 0 Å². The van der Waals surface area contributed by atoms with Crippen molar-refractivity contribution in [2.75, 3.05) is 0 Å². The summed E-state index contributed by atoms with van der Waals surface area (Å²) < 4.78 is 1.86. The summed E-state index contributed by atoms with van der Waals surface area (Å²) in [5.74, 6) is 1.28. The summed E-state index contributed by atoms with van der Waals surface area (Å²) >= 11 is 0. The van der Waals surface area contributed by atoms with Gasteiger partial charge in [0.15, 0.2) is 0 Å². The van der Waals surface area contributed by atoms with E-state index in [9.17, 15) is 4.79 Å². The highest BCUT2D eigenvalue weighted by Crippen LogP contribution is 2.29. The van der Waals surface area contributed by atoms with Crippen LogP contribution in [0.15, 0.2) is 59.4 Å². The molecule has 0 saturated heterocycles. The van der Waals surface area contributed by atoms with Gasteiger partial charge in [-0.25, -0.2) is 4.98 Å². The molecule has 0 fully saturated rings. The number of hydrogen-bond acceptors (Lipinski definition) is 2. The number of hydrogen-bond donors (Lipinski definition) is 0. The summed E-state index contributed by atoms with van der Waals surface area (Å²) in [6.45, 7) is 0.781. The minimum atomic E-state index is 0.103. The molecule has 21 heavy (non-hydrogen) atoms. The van der Waals surface area contributed by atoms with Gasteiger partial charge in [0, 0.05) is 12.5 Å². The van der Waals surface area contributed by atoms with Crippen LogP contribution in [0.4, 0.5) is 0 Å². The fraction of sp³-hybridized carbons (Fsp3) is 0.222. The minimum absolute atomic E-state index is 0.103. The van der Waals surface area contributed by atoms with Crippen LogP contribution in [-0.4, -0.2) is 9.55 Å². The highest BCUT2D eigenvalue weighted by molar-refractivity contribution is 5.77. The third-order valence-corrected chi connectivity index (χ3v) is 4.28. The van der Waals surface area contributed by atoms with Crippen molar-refractivity contribution in [2.45, 2.75) is 25.3 Å². The average molecular weight is 276 g/mol. The SMILES string of the molecule is O=c1c2ccccc2nc2n1CCC2Cc1ccccc1. The van der Waals surface area contributed by atoms with Gasteiger partial charge in [-0.15, -0.1) is 0 Å². The van der Waals surface area contributed by atoms with Gasteiger partial charge in [0.2, 0.25) is 0 Å². The van der Waals surface area contributed by atoms with Crippen LogP contribution in [0.25, 0.3) is 10.9 Å². The number of benzene rings is 2. The first-order valence-electron chi connectivity index (χ1n) is 7.36. The van der Waals surface area contributed by atoms with Crippen LogP contribution >= 0.6 is 0 Å². The average Bonchev–Trinajstić information content (AvgIpc) is 2.92. The number of aromatic nitrogens is 2. The molecule has 3 aromatic rings. The summed E-state index contributed by atoms with van der Waals surface area (Å²) in [5, 5.41) is 0.724. The van der Waals surface area contributed by atoms with Crippen molar-refractivity contribution in [3.8, 4) is 0 Å². The quantitative estimate of drug-likeness (QED) is 0.720. The first kappa shape index (κ1) is 12.3. The Morgan fingerprint density at radius 1 is 1.05 bits per heavy atom. The normalized spacial score (nSPS) is 17.0. The van der Waals surface area contributed by atoms with Crippen LogP contribution < -0.4 is 5.56 Å². The molecule has 0 spiro atoms. The van der Waals surface area contributed by atoms with Gasteiger partial charge in [0.1, 0.15) is 5.82 Å². The largest absolute Gasteiger partial charge is 0.296 e.